The lowest BCUT2D eigenvalue weighted by molar-refractivity contribution is 0.157. The molecule has 1 saturated heterocycles. The van der Waals surface area contributed by atoms with Crippen LogP contribution in [0.3, 0.4) is 0 Å². The zero-order valence-electron chi connectivity index (χ0n) is 11.5. The molecule has 0 spiro atoms. The summed E-state index contributed by atoms with van der Waals surface area (Å²) in [4.78, 5) is 12.7. The van der Waals surface area contributed by atoms with Crippen molar-refractivity contribution in [3.8, 4) is 11.1 Å². The molecule has 0 unspecified atom stereocenters. The average Bonchev–Trinajstić information content (AvgIpc) is 2.87. The SMILES string of the molecule is O=C1OCCN1Cc1ccc(-c2ccc(F)cc2F)cc1F. The molecule has 22 heavy (non-hydrogen) atoms. The van der Waals surface area contributed by atoms with E-state index in [1.54, 1.807) is 0 Å². The lowest BCUT2D eigenvalue weighted by Gasteiger charge is -2.14. The summed E-state index contributed by atoms with van der Waals surface area (Å²) in [5.41, 5.74) is 0.736. The van der Waals surface area contributed by atoms with Crippen molar-refractivity contribution in [1.29, 1.82) is 0 Å². The first-order valence-electron chi connectivity index (χ1n) is 6.70. The third kappa shape index (κ3) is 2.77. The number of hydrogen-bond donors (Lipinski definition) is 0. The Morgan fingerprint density at radius 3 is 2.50 bits per heavy atom. The Morgan fingerprint density at radius 2 is 1.86 bits per heavy atom. The molecule has 2 aromatic carbocycles. The van der Waals surface area contributed by atoms with Crippen molar-refractivity contribution in [2.75, 3.05) is 13.2 Å². The third-order valence-electron chi connectivity index (χ3n) is 3.50. The molecule has 6 heteroatoms. The van der Waals surface area contributed by atoms with Crippen LogP contribution in [-0.2, 0) is 11.3 Å². The van der Waals surface area contributed by atoms with Gasteiger partial charge in [0.2, 0.25) is 0 Å². The molecular weight excluding hydrogens is 295 g/mol. The smallest absolute Gasteiger partial charge is 0.410 e. The number of carbonyl (C=O) groups excluding carboxylic acids is 1. The van der Waals surface area contributed by atoms with Crippen LogP contribution in [0, 0.1) is 17.5 Å². The van der Waals surface area contributed by atoms with Crippen LogP contribution >= 0.6 is 0 Å². The van der Waals surface area contributed by atoms with Gasteiger partial charge in [0, 0.05) is 17.2 Å². The summed E-state index contributed by atoms with van der Waals surface area (Å²) in [6.45, 7) is 0.794. The summed E-state index contributed by atoms with van der Waals surface area (Å²) in [6.07, 6.45) is -0.479. The van der Waals surface area contributed by atoms with Gasteiger partial charge in [-0.1, -0.05) is 12.1 Å². The Labute approximate surface area is 124 Å². The maximum atomic E-state index is 14.2. The second kappa shape index (κ2) is 5.71. The van der Waals surface area contributed by atoms with E-state index in [9.17, 15) is 18.0 Å². The monoisotopic (exact) mass is 307 g/mol. The zero-order chi connectivity index (χ0) is 15.7. The van der Waals surface area contributed by atoms with Crippen LogP contribution in [0.5, 0.6) is 0 Å². The van der Waals surface area contributed by atoms with Gasteiger partial charge in [0.1, 0.15) is 24.1 Å². The van der Waals surface area contributed by atoms with Crippen molar-refractivity contribution in [1.82, 2.24) is 4.90 Å². The Morgan fingerprint density at radius 1 is 1.05 bits per heavy atom. The number of amides is 1. The first-order chi connectivity index (χ1) is 10.5. The Kier molecular flexibility index (Phi) is 3.75. The van der Waals surface area contributed by atoms with Crippen LogP contribution in [-0.4, -0.2) is 24.1 Å². The van der Waals surface area contributed by atoms with Crippen LogP contribution in [0.15, 0.2) is 36.4 Å². The van der Waals surface area contributed by atoms with Gasteiger partial charge >= 0.3 is 6.09 Å². The van der Waals surface area contributed by atoms with Crippen LogP contribution in [0.4, 0.5) is 18.0 Å². The van der Waals surface area contributed by atoms with E-state index in [-0.39, 0.29) is 12.1 Å². The van der Waals surface area contributed by atoms with Crippen molar-refractivity contribution < 1.29 is 22.7 Å². The van der Waals surface area contributed by atoms with Gasteiger partial charge in [-0.2, -0.15) is 0 Å². The van der Waals surface area contributed by atoms with Crippen LogP contribution in [0.1, 0.15) is 5.56 Å². The maximum absolute atomic E-state index is 14.2. The number of halogens is 3. The van der Waals surface area contributed by atoms with Crippen molar-refractivity contribution in [3.05, 3.63) is 59.4 Å². The standard InChI is InChI=1S/C16H12F3NO2/c17-12-3-4-13(15(19)8-12)10-1-2-11(14(18)7-10)9-20-5-6-22-16(20)21/h1-4,7-8H,5-6,9H2. The summed E-state index contributed by atoms with van der Waals surface area (Å²) in [5, 5.41) is 0. The van der Waals surface area contributed by atoms with E-state index in [4.69, 9.17) is 4.74 Å². The highest BCUT2D eigenvalue weighted by molar-refractivity contribution is 5.69. The molecule has 0 N–H and O–H groups in total. The van der Waals surface area contributed by atoms with Gasteiger partial charge in [-0.15, -0.1) is 0 Å². The van der Waals surface area contributed by atoms with E-state index in [0.717, 1.165) is 12.1 Å². The van der Waals surface area contributed by atoms with Gasteiger partial charge in [0.15, 0.2) is 0 Å². The van der Waals surface area contributed by atoms with E-state index in [2.05, 4.69) is 0 Å². The number of hydrogen-bond acceptors (Lipinski definition) is 2. The predicted octanol–water partition coefficient (Wildman–Crippen LogP) is 3.72. The number of cyclic esters (lactones) is 1. The minimum Gasteiger partial charge on any atom is -0.448 e. The van der Waals surface area contributed by atoms with E-state index in [1.807, 2.05) is 0 Å². The van der Waals surface area contributed by atoms with Gasteiger partial charge in [-0.05, 0) is 23.8 Å². The van der Waals surface area contributed by atoms with Gasteiger partial charge < -0.3 is 9.64 Å². The molecule has 1 aliphatic rings. The first kappa shape index (κ1) is 14.4. The fourth-order valence-corrected chi connectivity index (χ4v) is 2.34. The van der Waals surface area contributed by atoms with Crippen molar-refractivity contribution in [2.45, 2.75) is 6.54 Å². The van der Waals surface area contributed by atoms with Crippen LogP contribution in [0.25, 0.3) is 11.1 Å². The fourth-order valence-electron chi connectivity index (χ4n) is 2.34. The molecule has 0 aromatic heterocycles. The minimum absolute atomic E-state index is 0.0941. The molecule has 0 atom stereocenters. The minimum atomic E-state index is -0.754. The van der Waals surface area contributed by atoms with Gasteiger partial charge in [0.05, 0.1) is 13.1 Å². The molecule has 1 aliphatic heterocycles. The van der Waals surface area contributed by atoms with E-state index < -0.39 is 23.5 Å². The molecule has 0 aliphatic carbocycles. The Hall–Kier alpha value is -2.50. The summed E-state index contributed by atoms with van der Waals surface area (Å²) in [7, 11) is 0. The lowest BCUT2D eigenvalue weighted by Crippen LogP contribution is -2.24. The van der Waals surface area contributed by atoms with E-state index in [1.165, 1.54) is 29.2 Å². The summed E-state index contributed by atoms with van der Waals surface area (Å²) < 4.78 is 45.6. The normalized spacial score (nSPS) is 14.3. The van der Waals surface area contributed by atoms with Gasteiger partial charge in [-0.3, -0.25) is 0 Å². The highest BCUT2D eigenvalue weighted by Gasteiger charge is 2.23. The van der Waals surface area contributed by atoms with E-state index in [0.29, 0.717) is 24.3 Å². The molecule has 1 amide bonds. The highest BCUT2D eigenvalue weighted by atomic mass is 19.1. The summed E-state index contributed by atoms with van der Waals surface area (Å²) in [5.74, 6) is -2.00. The molecule has 114 valence electrons. The largest absolute Gasteiger partial charge is 0.448 e. The quantitative estimate of drug-likeness (QED) is 0.865. The molecule has 0 bridgehead atoms. The predicted molar refractivity (Wildman–Crippen MR) is 73.5 cm³/mol. The Bertz CT molecular complexity index is 733. The van der Waals surface area contributed by atoms with Crippen molar-refractivity contribution in [2.24, 2.45) is 0 Å². The number of rotatable bonds is 3. The molecule has 0 radical (unpaired) electrons. The average molecular weight is 307 g/mol. The fraction of sp³-hybridized carbons (Fsp3) is 0.188. The zero-order valence-corrected chi connectivity index (χ0v) is 11.5. The molecule has 1 heterocycles. The number of benzene rings is 2. The maximum Gasteiger partial charge on any atom is 0.410 e. The second-order valence-electron chi connectivity index (χ2n) is 4.97. The highest BCUT2D eigenvalue weighted by Crippen LogP contribution is 2.26. The first-order valence-corrected chi connectivity index (χ1v) is 6.70. The molecular formula is C16H12F3NO2. The van der Waals surface area contributed by atoms with Gasteiger partial charge in [-0.25, -0.2) is 18.0 Å². The third-order valence-corrected chi connectivity index (χ3v) is 3.50. The van der Waals surface area contributed by atoms with E-state index >= 15 is 0 Å². The molecule has 1 fully saturated rings. The number of carbonyl (C=O) groups is 1. The number of nitrogens with zero attached hydrogens (tertiary/aromatic N) is 1. The number of ether oxygens (including phenoxy) is 1. The van der Waals surface area contributed by atoms with Crippen LogP contribution in [0.2, 0.25) is 0 Å². The molecule has 2 aromatic rings. The topological polar surface area (TPSA) is 29.5 Å². The summed E-state index contributed by atoms with van der Waals surface area (Å²) in [6, 6.07) is 7.32. The molecule has 3 rings (SSSR count). The van der Waals surface area contributed by atoms with Crippen molar-refractivity contribution in [3.63, 3.8) is 0 Å². The Balaban J connectivity index is 1.87. The lowest BCUT2D eigenvalue weighted by atomic mass is 10.0. The molecule has 0 saturated carbocycles. The summed E-state index contributed by atoms with van der Waals surface area (Å²) >= 11 is 0. The second-order valence-corrected chi connectivity index (χ2v) is 4.97. The van der Waals surface area contributed by atoms with Gasteiger partial charge in [0.25, 0.3) is 0 Å². The molecule has 3 nitrogen and oxygen atoms in total. The van der Waals surface area contributed by atoms with Crippen molar-refractivity contribution >= 4 is 6.09 Å². The van der Waals surface area contributed by atoms with Crippen LogP contribution < -0.4 is 0 Å².